The molecule has 0 fully saturated rings. The monoisotopic (exact) mass is 1140 g/mol. The maximum absolute atomic E-state index is 4.80. The van der Waals surface area contributed by atoms with E-state index < -0.39 is 0 Å². The van der Waals surface area contributed by atoms with Gasteiger partial charge in [-0.15, -0.1) is 0 Å². The molecule has 0 aliphatic carbocycles. The molecule has 15 rings (SSSR count). The molecule has 6 aromatic heterocycles. The quantitative estimate of drug-likeness (QED) is 0.136. The first-order valence-electron chi connectivity index (χ1n) is 29.1. The van der Waals surface area contributed by atoms with Crippen LogP contribution in [-0.4, -0.2) is 49.8 Å². The molecule has 0 aliphatic rings. The van der Waals surface area contributed by atoms with Crippen LogP contribution in [0.4, 0.5) is 0 Å². The molecule has 0 N–H and O–H groups in total. The zero-order chi connectivity index (χ0) is 60.0. The molecule has 0 radical (unpaired) electrons. The number of benzene rings is 9. The third-order valence-electron chi connectivity index (χ3n) is 14.5. The molecule has 0 saturated carbocycles. The predicted molar refractivity (Wildman–Crippen MR) is 359 cm³/mol. The molecule has 0 bridgehead atoms. The van der Waals surface area contributed by atoms with Gasteiger partial charge in [0.2, 0.25) is 0 Å². The molecular formula is C78H60N10. The Hall–Kier alpha value is -11.6. The Balaban J connectivity index is 0.000000118. The van der Waals surface area contributed by atoms with Gasteiger partial charge in [0, 0.05) is 51.5 Å². The Morgan fingerprint density at radius 3 is 1.01 bits per heavy atom. The molecule has 88 heavy (non-hydrogen) atoms. The molecule has 10 heteroatoms. The fraction of sp³-hybridized carbons (Fsp3) is 0.0513. The van der Waals surface area contributed by atoms with Gasteiger partial charge in [0.1, 0.15) is 11.6 Å². The minimum atomic E-state index is 0.700. The molecule has 0 aliphatic heterocycles. The molecule has 0 spiro atoms. The van der Waals surface area contributed by atoms with Crippen LogP contribution in [0.3, 0.4) is 0 Å². The van der Waals surface area contributed by atoms with Crippen molar-refractivity contribution in [3.05, 3.63) is 314 Å². The predicted octanol–water partition coefficient (Wildman–Crippen LogP) is 18.7. The summed E-state index contributed by atoms with van der Waals surface area (Å²) in [5.41, 5.74) is 14.9. The summed E-state index contributed by atoms with van der Waals surface area (Å²) in [5, 5.41) is 7.50. The largest absolute Gasteiger partial charge is 0.255 e. The zero-order valence-corrected chi connectivity index (χ0v) is 49.2. The van der Waals surface area contributed by atoms with Crippen molar-refractivity contribution in [3.63, 3.8) is 0 Å². The first-order valence-corrected chi connectivity index (χ1v) is 29.1. The van der Waals surface area contributed by atoms with Crippen molar-refractivity contribution in [2.24, 2.45) is 0 Å². The zero-order valence-electron chi connectivity index (χ0n) is 49.2. The summed E-state index contributed by atoms with van der Waals surface area (Å²) in [5.74, 6) is 3.68. The van der Waals surface area contributed by atoms with Crippen molar-refractivity contribution in [3.8, 4) is 90.7 Å². The molecule has 0 atom stereocenters. The van der Waals surface area contributed by atoms with Crippen LogP contribution in [0, 0.1) is 27.7 Å². The van der Waals surface area contributed by atoms with Gasteiger partial charge >= 0.3 is 0 Å². The maximum Gasteiger partial charge on any atom is 0.163 e. The van der Waals surface area contributed by atoms with Gasteiger partial charge in [-0.05, 0) is 120 Å². The van der Waals surface area contributed by atoms with Crippen LogP contribution in [0.15, 0.2) is 291 Å². The van der Waals surface area contributed by atoms with E-state index in [1.807, 2.05) is 197 Å². The molecule has 0 amide bonds. The smallest absolute Gasteiger partial charge is 0.163 e. The van der Waals surface area contributed by atoms with Gasteiger partial charge in [-0.1, -0.05) is 224 Å². The Morgan fingerprint density at radius 2 is 0.568 bits per heavy atom. The fourth-order valence-electron chi connectivity index (χ4n) is 10.5. The van der Waals surface area contributed by atoms with Crippen LogP contribution in [0.25, 0.3) is 123 Å². The highest BCUT2D eigenvalue weighted by atomic mass is 15.0. The number of hydrogen-bond acceptors (Lipinski definition) is 10. The van der Waals surface area contributed by atoms with E-state index in [0.29, 0.717) is 17.5 Å². The van der Waals surface area contributed by atoms with Gasteiger partial charge in [-0.25, -0.2) is 39.9 Å². The van der Waals surface area contributed by atoms with E-state index in [0.717, 1.165) is 96.1 Å². The highest BCUT2D eigenvalue weighted by Gasteiger charge is 2.14. The molecule has 6 heterocycles. The summed E-state index contributed by atoms with van der Waals surface area (Å²) in [4.78, 5) is 45.6. The third kappa shape index (κ3) is 13.6. The van der Waals surface area contributed by atoms with Gasteiger partial charge in [0.25, 0.3) is 0 Å². The SMILES string of the molecule is Cc1cc(-c2ccccc2)nc(-c2ccccc2)n1.Cc1cc(-c2ccccn2)nc(-c2ccccn2)c1.Cc1nc(-c2ccccc2)cc(-c2ccccc2)n1.Cc1nc(-c2ccccc2)nc(-c2ccc3c4ccccc4c4ccccc4c3c2)n1. The molecule has 9 aromatic carbocycles. The maximum atomic E-state index is 4.80. The van der Waals surface area contributed by atoms with Crippen LogP contribution in [-0.2, 0) is 0 Å². The van der Waals surface area contributed by atoms with Crippen LogP contribution in [0.5, 0.6) is 0 Å². The number of aryl methyl sites for hydroxylation is 4. The average Bonchev–Trinajstić information content (AvgIpc) is 1.25. The van der Waals surface area contributed by atoms with Crippen LogP contribution in [0.2, 0.25) is 0 Å². The van der Waals surface area contributed by atoms with Gasteiger partial charge in [0.15, 0.2) is 17.5 Å². The van der Waals surface area contributed by atoms with Crippen LogP contribution < -0.4 is 0 Å². The molecular weight excluding hydrogens is 1080 g/mol. The Labute approximate surface area is 512 Å². The second kappa shape index (κ2) is 27.0. The van der Waals surface area contributed by atoms with Gasteiger partial charge in [-0.2, -0.15) is 0 Å². The molecule has 0 saturated heterocycles. The normalized spacial score (nSPS) is 10.7. The van der Waals surface area contributed by atoms with E-state index >= 15 is 0 Å². The first kappa shape index (κ1) is 56.8. The minimum Gasteiger partial charge on any atom is -0.255 e. The number of pyridine rings is 3. The van der Waals surface area contributed by atoms with E-state index in [4.69, 9.17) is 4.98 Å². The standard InChI is InChI=1S/C28H19N3.2C17H14N2.C16H13N3/c1-18-29-27(19-9-3-2-4-10-19)31-28(30-18)20-15-16-25-23-13-6-5-11-21(23)22-12-7-8-14-24(22)26(25)17-20;1-13-18-16(14-8-4-2-5-9-14)12-17(19-13)15-10-6-3-7-11-15;1-13-12-16(14-8-4-2-5-9-14)19-17(18-13)15-10-6-3-7-11-15;1-12-10-15(13-6-2-4-8-17-13)19-16(11-12)14-7-3-5-9-18-14/h2-17H,1H3;2*2-12H,1H3;2-11H,1H3. The van der Waals surface area contributed by atoms with E-state index in [2.05, 4.69) is 155 Å². The molecule has 15 aromatic rings. The average molecular weight is 1140 g/mol. The summed E-state index contributed by atoms with van der Waals surface area (Å²) in [7, 11) is 0. The number of hydrogen-bond donors (Lipinski definition) is 0. The molecule has 10 nitrogen and oxygen atoms in total. The van der Waals surface area contributed by atoms with Crippen molar-refractivity contribution in [2.75, 3.05) is 0 Å². The van der Waals surface area contributed by atoms with E-state index in [1.165, 1.54) is 32.3 Å². The fourth-order valence-corrected chi connectivity index (χ4v) is 10.5. The Kier molecular flexibility index (Phi) is 17.4. The van der Waals surface area contributed by atoms with E-state index in [-0.39, 0.29) is 0 Å². The number of aromatic nitrogens is 10. The molecule has 0 unspecified atom stereocenters. The molecule has 422 valence electrons. The first-order chi connectivity index (χ1) is 43.3. The second-order valence-corrected chi connectivity index (χ2v) is 21.0. The lowest BCUT2D eigenvalue weighted by atomic mass is 9.93. The van der Waals surface area contributed by atoms with E-state index in [9.17, 15) is 0 Å². The van der Waals surface area contributed by atoms with Gasteiger partial charge < -0.3 is 0 Å². The van der Waals surface area contributed by atoms with Crippen molar-refractivity contribution in [1.29, 1.82) is 0 Å². The van der Waals surface area contributed by atoms with Crippen LogP contribution >= 0.6 is 0 Å². The van der Waals surface area contributed by atoms with Crippen molar-refractivity contribution in [2.45, 2.75) is 27.7 Å². The summed E-state index contributed by atoms with van der Waals surface area (Å²) >= 11 is 0. The lowest BCUT2D eigenvalue weighted by molar-refractivity contribution is 0.992. The van der Waals surface area contributed by atoms with Gasteiger partial charge in [0.05, 0.1) is 39.9 Å². The van der Waals surface area contributed by atoms with Crippen molar-refractivity contribution < 1.29 is 0 Å². The minimum absolute atomic E-state index is 0.700. The summed E-state index contributed by atoms with van der Waals surface area (Å²) in [6.07, 6.45) is 3.56. The van der Waals surface area contributed by atoms with Crippen LogP contribution in [0.1, 0.15) is 22.9 Å². The lowest BCUT2D eigenvalue weighted by Crippen LogP contribution is -1.99. The highest BCUT2D eigenvalue weighted by Crippen LogP contribution is 2.37. The van der Waals surface area contributed by atoms with E-state index in [1.54, 1.807) is 12.4 Å². The topological polar surface area (TPSA) is 129 Å². The summed E-state index contributed by atoms with van der Waals surface area (Å²) in [6.45, 7) is 7.90. The summed E-state index contributed by atoms with van der Waals surface area (Å²) in [6, 6.07) is 94.2. The number of nitrogens with zero attached hydrogens (tertiary/aromatic N) is 10. The van der Waals surface area contributed by atoms with Crippen molar-refractivity contribution in [1.82, 2.24) is 49.8 Å². The highest BCUT2D eigenvalue weighted by molar-refractivity contribution is 6.25. The lowest BCUT2D eigenvalue weighted by Gasteiger charge is -2.12. The second-order valence-electron chi connectivity index (χ2n) is 21.0. The number of fused-ring (bicyclic) bond motifs is 6. The third-order valence-corrected chi connectivity index (χ3v) is 14.5. The Bertz CT molecular complexity index is 4300. The van der Waals surface area contributed by atoms with Crippen molar-refractivity contribution >= 4 is 32.3 Å². The van der Waals surface area contributed by atoms with Gasteiger partial charge in [-0.3, -0.25) is 9.97 Å². The summed E-state index contributed by atoms with van der Waals surface area (Å²) < 4.78 is 0. The Morgan fingerprint density at radius 1 is 0.205 bits per heavy atom. The number of rotatable bonds is 8.